The van der Waals surface area contributed by atoms with Gasteiger partial charge in [0.1, 0.15) is 12.3 Å². The highest BCUT2D eigenvalue weighted by Gasteiger charge is 2.49. The van der Waals surface area contributed by atoms with Gasteiger partial charge in [0, 0.05) is 23.9 Å². The second-order valence-corrected chi connectivity index (χ2v) is 14.9. The van der Waals surface area contributed by atoms with Gasteiger partial charge < -0.3 is 14.0 Å². The maximum Gasteiger partial charge on any atom is 0.294 e. The predicted octanol–water partition coefficient (Wildman–Crippen LogP) is 3.46. The molecular formula is C24H42ClN2O8S2+. The van der Waals surface area contributed by atoms with Crippen LogP contribution in [0, 0.1) is 6.92 Å². The lowest BCUT2D eigenvalue weighted by Crippen LogP contribution is -2.64. The first-order valence-corrected chi connectivity index (χ1v) is 15.6. The molecule has 1 aliphatic rings. The Balaban J connectivity index is 1.97. The quantitative estimate of drug-likeness (QED) is 0.164. The summed E-state index contributed by atoms with van der Waals surface area (Å²) in [5.74, 6) is -0.766. The van der Waals surface area contributed by atoms with Crippen LogP contribution >= 0.6 is 11.8 Å². The maximum absolute atomic E-state index is 11.6. The molecule has 1 aromatic rings. The van der Waals surface area contributed by atoms with Gasteiger partial charge in [0.25, 0.3) is 20.2 Å². The first-order valence-electron chi connectivity index (χ1n) is 12.2. The Hall–Kier alpha value is -0.830. The molecule has 1 saturated heterocycles. The molecule has 0 amide bonds. The van der Waals surface area contributed by atoms with Crippen LogP contribution in [0.1, 0.15) is 57.8 Å². The van der Waals surface area contributed by atoms with Crippen LogP contribution in [-0.4, -0.2) is 98.2 Å². The fourth-order valence-electron chi connectivity index (χ4n) is 5.08. The van der Waals surface area contributed by atoms with Crippen LogP contribution in [0.3, 0.4) is 0 Å². The Kier molecular flexibility index (Phi) is 10.3. The summed E-state index contributed by atoms with van der Waals surface area (Å²) in [5, 5.41) is 0. The molecule has 0 bridgehead atoms. The maximum atomic E-state index is 11.6. The van der Waals surface area contributed by atoms with Gasteiger partial charge in [-0.1, -0.05) is 6.07 Å². The van der Waals surface area contributed by atoms with E-state index in [0.717, 1.165) is 29.9 Å². The summed E-state index contributed by atoms with van der Waals surface area (Å²) >= 11 is 6.62. The van der Waals surface area contributed by atoms with E-state index in [1.807, 2.05) is 4.42 Å². The third-order valence-electron chi connectivity index (χ3n) is 7.14. The smallest absolute Gasteiger partial charge is 0.294 e. The normalized spacial score (nSPS) is 20.2. The largest absolute Gasteiger partial charge is 0.373 e. The molecule has 37 heavy (non-hydrogen) atoms. The molecule has 13 heteroatoms. The molecule has 1 atom stereocenters. The van der Waals surface area contributed by atoms with E-state index < -0.39 is 32.1 Å². The monoisotopic (exact) mass is 585 g/mol. The van der Waals surface area contributed by atoms with Gasteiger partial charge in [-0.15, -0.1) is 0 Å². The molecule has 214 valence electrons. The van der Waals surface area contributed by atoms with Crippen LogP contribution in [0.15, 0.2) is 23.1 Å². The van der Waals surface area contributed by atoms with Crippen molar-refractivity contribution in [2.24, 2.45) is 0 Å². The summed E-state index contributed by atoms with van der Waals surface area (Å²) < 4.78 is 79.2. The van der Waals surface area contributed by atoms with E-state index in [4.69, 9.17) is 21.3 Å². The molecule has 0 spiro atoms. The van der Waals surface area contributed by atoms with E-state index in [-0.39, 0.29) is 34.8 Å². The minimum Gasteiger partial charge on any atom is -0.373 e. The van der Waals surface area contributed by atoms with Gasteiger partial charge in [-0.3, -0.25) is 9.11 Å². The molecule has 0 saturated carbocycles. The third kappa shape index (κ3) is 9.11. The van der Waals surface area contributed by atoms with Crippen LogP contribution in [-0.2, 0) is 29.7 Å². The van der Waals surface area contributed by atoms with Crippen LogP contribution in [0.5, 0.6) is 0 Å². The zero-order valence-corrected chi connectivity index (χ0v) is 25.2. The van der Waals surface area contributed by atoms with Gasteiger partial charge in [0.15, 0.2) is 0 Å². The number of ether oxygens (including phenoxy) is 2. The number of aryl methyl sites for hydroxylation is 1. The number of hydrogen-bond donors (Lipinski definition) is 2. The standard InChI is InChI=1S/C24H41ClN2O8S2/c1-18-8-9-20(37(31,32)33)14-21(18)22(17-36(28,29)30)35-13-12-34-11-10-27(6,7)19-15-23(2,3)26(25)24(4,5)16-19/h8-9,14,19,22H,10-13,15-17H2,1-7H3,(H-,28,29,30,31,32,33)/p+1. The molecule has 2 rings (SSSR count). The van der Waals surface area contributed by atoms with Gasteiger partial charge >= 0.3 is 0 Å². The zero-order chi connectivity index (χ0) is 28.4. The van der Waals surface area contributed by atoms with Crippen molar-refractivity contribution in [3.8, 4) is 0 Å². The van der Waals surface area contributed by atoms with Gasteiger partial charge in [0.05, 0.1) is 51.0 Å². The Morgan fingerprint density at radius 1 is 1.05 bits per heavy atom. The lowest BCUT2D eigenvalue weighted by Gasteiger charge is -2.54. The van der Waals surface area contributed by atoms with Crippen molar-refractivity contribution >= 4 is 32.0 Å². The first-order chi connectivity index (χ1) is 16.7. The molecule has 2 N–H and O–H groups in total. The highest BCUT2D eigenvalue weighted by atomic mass is 35.5. The van der Waals surface area contributed by atoms with Crippen LogP contribution in [0.25, 0.3) is 0 Å². The Bertz CT molecular complexity index is 1140. The van der Waals surface area contributed by atoms with E-state index in [9.17, 15) is 25.9 Å². The molecule has 10 nitrogen and oxygen atoms in total. The molecule has 1 heterocycles. The molecular weight excluding hydrogens is 544 g/mol. The average Bonchev–Trinajstić information content (AvgIpc) is 2.71. The lowest BCUT2D eigenvalue weighted by atomic mass is 9.78. The molecule has 1 aromatic carbocycles. The van der Waals surface area contributed by atoms with Crippen molar-refractivity contribution in [3.63, 3.8) is 0 Å². The number of hydrogen-bond acceptors (Lipinski definition) is 7. The molecule has 1 aliphatic heterocycles. The second-order valence-electron chi connectivity index (χ2n) is 11.7. The minimum absolute atomic E-state index is 0.0217. The molecule has 0 aromatic heterocycles. The van der Waals surface area contributed by atoms with Gasteiger partial charge in [-0.2, -0.15) is 16.8 Å². The van der Waals surface area contributed by atoms with Crippen molar-refractivity contribution < 1.29 is 39.9 Å². The minimum atomic E-state index is -4.50. The summed E-state index contributed by atoms with van der Waals surface area (Å²) in [6.45, 7) is 11.7. The number of piperidine rings is 1. The first kappa shape index (κ1) is 32.4. The molecule has 0 aliphatic carbocycles. The van der Waals surface area contributed by atoms with E-state index >= 15 is 0 Å². The van der Waals surface area contributed by atoms with E-state index in [1.54, 1.807) is 6.92 Å². The highest BCUT2D eigenvalue weighted by molar-refractivity contribution is 7.86. The Morgan fingerprint density at radius 2 is 1.62 bits per heavy atom. The van der Waals surface area contributed by atoms with Gasteiger partial charge in [0.2, 0.25) is 0 Å². The molecule has 0 radical (unpaired) electrons. The van der Waals surface area contributed by atoms with Crippen molar-refractivity contribution in [2.45, 2.75) is 75.6 Å². The van der Waals surface area contributed by atoms with Crippen LogP contribution in [0.4, 0.5) is 0 Å². The van der Waals surface area contributed by atoms with E-state index in [1.165, 1.54) is 12.1 Å². The predicted molar refractivity (Wildman–Crippen MR) is 143 cm³/mol. The van der Waals surface area contributed by atoms with E-state index in [2.05, 4.69) is 41.8 Å². The molecule has 1 unspecified atom stereocenters. The number of benzene rings is 1. The number of likely N-dealkylation sites (N-methyl/N-ethyl adjacent to an activating group) is 1. The fraction of sp³-hybridized carbons (Fsp3) is 0.750. The topological polar surface area (TPSA) is 130 Å². The number of nitrogens with zero attached hydrogens (tertiary/aromatic N) is 2. The van der Waals surface area contributed by atoms with E-state index in [0.29, 0.717) is 18.2 Å². The van der Waals surface area contributed by atoms with Crippen molar-refractivity contribution in [3.05, 3.63) is 29.3 Å². The Labute approximate surface area is 227 Å². The Morgan fingerprint density at radius 3 is 2.14 bits per heavy atom. The number of halogens is 1. The second kappa shape index (κ2) is 11.7. The highest BCUT2D eigenvalue weighted by Crippen LogP contribution is 2.42. The number of rotatable bonds is 12. The molecule has 1 fully saturated rings. The SMILES string of the molecule is Cc1ccc(S(=O)(=O)O)cc1C(CS(=O)(=O)O)OCCOCC[N+](C)(C)C1CC(C)(C)N(Cl)C(C)(C)C1. The van der Waals surface area contributed by atoms with Gasteiger partial charge in [-0.05, 0) is 69.7 Å². The van der Waals surface area contributed by atoms with Crippen molar-refractivity contribution in [1.82, 2.24) is 4.42 Å². The lowest BCUT2D eigenvalue weighted by molar-refractivity contribution is -0.918. The van der Waals surface area contributed by atoms with Gasteiger partial charge in [-0.25, -0.2) is 4.42 Å². The summed E-state index contributed by atoms with van der Waals surface area (Å²) in [4.78, 5) is -0.389. The summed E-state index contributed by atoms with van der Waals surface area (Å²) in [7, 11) is -4.58. The number of quaternary nitrogens is 1. The summed E-state index contributed by atoms with van der Waals surface area (Å²) in [5.41, 5.74) is 0.493. The fourth-order valence-corrected chi connectivity index (χ4v) is 6.39. The average molecular weight is 586 g/mol. The summed E-state index contributed by atoms with van der Waals surface area (Å²) in [6, 6.07) is 4.18. The third-order valence-corrected chi connectivity index (χ3v) is 9.63. The zero-order valence-electron chi connectivity index (χ0n) is 22.8. The van der Waals surface area contributed by atoms with Crippen molar-refractivity contribution in [2.75, 3.05) is 46.2 Å². The van der Waals surface area contributed by atoms with Crippen molar-refractivity contribution in [1.29, 1.82) is 0 Å². The summed E-state index contributed by atoms with van der Waals surface area (Å²) in [6.07, 6.45) is 0.739. The van der Waals surface area contributed by atoms with Crippen LogP contribution in [0.2, 0.25) is 0 Å². The van der Waals surface area contributed by atoms with Crippen LogP contribution < -0.4 is 0 Å².